The minimum absolute atomic E-state index is 0.113. The van der Waals surface area contributed by atoms with Crippen molar-refractivity contribution in [1.29, 1.82) is 0 Å². The number of carbonyl (C=O) groups excluding carboxylic acids is 1. The van der Waals surface area contributed by atoms with Crippen molar-refractivity contribution in [3.05, 3.63) is 90.3 Å². The van der Waals surface area contributed by atoms with Crippen molar-refractivity contribution in [2.24, 2.45) is 0 Å². The molecule has 9 heteroatoms. The molecule has 2 N–H and O–H groups in total. The Morgan fingerprint density at radius 1 is 1.08 bits per heavy atom. The summed E-state index contributed by atoms with van der Waals surface area (Å²) in [5.41, 5.74) is 6.20. The van der Waals surface area contributed by atoms with E-state index in [1.165, 1.54) is 5.56 Å². The van der Waals surface area contributed by atoms with Crippen LogP contribution in [0.1, 0.15) is 28.0 Å². The molecule has 1 amide bonds. The number of rotatable bonds is 7. The summed E-state index contributed by atoms with van der Waals surface area (Å²) in [7, 11) is 0. The predicted molar refractivity (Wildman–Crippen MR) is 137 cm³/mol. The van der Waals surface area contributed by atoms with E-state index in [2.05, 4.69) is 25.4 Å². The highest BCUT2D eigenvalue weighted by molar-refractivity contribution is 5.98. The fourth-order valence-electron chi connectivity index (χ4n) is 4.58. The molecule has 0 fully saturated rings. The second kappa shape index (κ2) is 9.61. The van der Waals surface area contributed by atoms with Crippen LogP contribution in [-0.4, -0.2) is 48.7 Å². The first-order valence-electron chi connectivity index (χ1n) is 12.1. The van der Waals surface area contributed by atoms with Crippen LogP contribution in [0.2, 0.25) is 0 Å². The first-order valence-corrected chi connectivity index (χ1v) is 12.1. The standard InChI is InChI=1S/C27H26N8O/c36-27(29-10-4-12-34-14-11-28-18-34)20-7-8-22-23(15-20)31-25(19-5-2-1-3-6-19)26(32-22)35-13-9-21-16-30-33-24(21)17-35/h1-3,5-8,11,14-16,18H,4,9-10,12-13,17H2,(H,29,36)(H,30,33). The Morgan fingerprint density at radius 3 is 2.86 bits per heavy atom. The number of benzene rings is 2. The van der Waals surface area contributed by atoms with Gasteiger partial charge in [0, 0.05) is 43.2 Å². The summed E-state index contributed by atoms with van der Waals surface area (Å²) in [6.45, 7) is 2.93. The number of anilines is 1. The molecule has 1 aliphatic rings. The lowest BCUT2D eigenvalue weighted by Crippen LogP contribution is -2.31. The molecule has 3 aromatic heterocycles. The number of carbonyl (C=O) groups is 1. The molecular weight excluding hydrogens is 452 g/mol. The normalized spacial score (nSPS) is 13.1. The number of H-pyrrole nitrogens is 1. The molecule has 180 valence electrons. The van der Waals surface area contributed by atoms with E-state index in [1.54, 1.807) is 12.5 Å². The van der Waals surface area contributed by atoms with Crippen LogP contribution in [0.5, 0.6) is 0 Å². The van der Waals surface area contributed by atoms with Crippen LogP contribution in [0.15, 0.2) is 73.4 Å². The van der Waals surface area contributed by atoms with Gasteiger partial charge in [-0.2, -0.15) is 5.10 Å². The zero-order valence-electron chi connectivity index (χ0n) is 19.8. The first-order chi connectivity index (χ1) is 17.7. The zero-order chi connectivity index (χ0) is 24.3. The van der Waals surface area contributed by atoms with Gasteiger partial charge in [0.1, 0.15) is 5.69 Å². The van der Waals surface area contributed by atoms with E-state index in [1.807, 2.05) is 65.5 Å². The van der Waals surface area contributed by atoms with Crippen molar-refractivity contribution in [2.45, 2.75) is 25.9 Å². The van der Waals surface area contributed by atoms with Crippen LogP contribution in [0.3, 0.4) is 0 Å². The molecule has 0 atom stereocenters. The molecule has 2 aromatic carbocycles. The molecule has 4 heterocycles. The third-order valence-electron chi connectivity index (χ3n) is 6.50. The third kappa shape index (κ3) is 4.43. The van der Waals surface area contributed by atoms with Crippen molar-refractivity contribution in [3.63, 3.8) is 0 Å². The Hall–Kier alpha value is -4.53. The average molecular weight is 479 g/mol. The van der Waals surface area contributed by atoms with Crippen LogP contribution >= 0.6 is 0 Å². The van der Waals surface area contributed by atoms with Crippen LogP contribution in [0.25, 0.3) is 22.3 Å². The molecule has 0 saturated carbocycles. The molecule has 9 nitrogen and oxygen atoms in total. The summed E-state index contributed by atoms with van der Waals surface area (Å²) in [6, 6.07) is 15.6. The summed E-state index contributed by atoms with van der Waals surface area (Å²) in [5.74, 6) is 0.725. The maximum absolute atomic E-state index is 12.8. The Labute approximate surface area is 208 Å². The molecule has 1 aliphatic heterocycles. The topological polar surface area (TPSA) is 105 Å². The Kier molecular flexibility index (Phi) is 5.87. The molecule has 0 radical (unpaired) electrons. The van der Waals surface area contributed by atoms with E-state index >= 15 is 0 Å². The quantitative estimate of drug-likeness (QED) is 0.347. The van der Waals surface area contributed by atoms with Crippen molar-refractivity contribution < 1.29 is 4.79 Å². The number of fused-ring (bicyclic) bond motifs is 2. The average Bonchev–Trinajstić information content (AvgIpc) is 3.62. The van der Waals surface area contributed by atoms with Crippen molar-refractivity contribution in [3.8, 4) is 11.3 Å². The van der Waals surface area contributed by atoms with Crippen LogP contribution < -0.4 is 10.2 Å². The van der Waals surface area contributed by atoms with E-state index in [0.717, 1.165) is 54.2 Å². The molecule has 6 rings (SSSR count). The lowest BCUT2D eigenvalue weighted by molar-refractivity contribution is 0.0953. The number of aromatic nitrogens is 6. The SMILES string of the molecule is O=C(NCCCn1ccnc1)c1ccc2nc(N3CCc4cn[nH]c4C3)c(-c3ccccc3)nc2c1. The number of nitrogens with one attached hydrogen (secondary N) is 2. The van der Waals surface area contributed by atoms with Gasteiger partial charge in [0.25, 0.3) is 5.91 Å². The van der Waals surface area contributed by atoms with Crippen molar-refractivity contribution >= 4 is 22.8 Å². The number of hydrogen-bond acceptors (Lipinski definition) is 6. The minimum Gasteiger partial charge on any atom is -0.352 e. The molecule has 36 heavy (non-hydrogen) atoms. The van der Waals surface area contributed by atoms with Crippen LogP contribution in [-0.2, 0) is 19.5 Å². The second-order valence-corrected chi connectivity index (χ2v) is 8.92. The second-order valence-electron chi connectivity index (χ2n) is 8.92. The van der Waals surface area contributed by atoms with Gasteiger partial charge in [-0.25, -0.2) is 15.0 Å². The number of aryl methyl sites for hydroxylation is 1. The summed E-state index contributed by atoms with van der Waals surface area (Å²) < 4.78 is 2.00. The van der Waals surface area contributed by atoms with Gasteiger partial charge in [0.2, 0.25) is 0 Å². The van der Waals surface area contributed by atoms with Gasteiger partial charge in [-0.3, -0.25) is 9.89 Å². The molecule has 5 aromatic rings. The van der Waals surface area contributed by atoms with Crippen LogP contribution in [0.4, 0.5) is 5.82 Å². The minimum atomic E-state index is -0.113. The fraction of sp³-hybridized carbons (Fsp3) is 0.222. The maximum atomic E-state index is 12.8. The van der Waals surface area contributed by atoms with E-state index in [9.17, 15) is 4.79 Å². The van der Waals surface area contributed by atoms with E-state index < -0.39 is 0 Å². The van der Waals surface area contributed by atoms with Crippen molar-refractivity contribution in [2.75, 3.05) is 18.0 Å². The van der Waals surface area contributed by atoms with Crippen molar-refractivity contribution in [1.82, 2.24) is 35.0 Å². The van der Waals surface area contributed by atoms with Crippen LogP contribution in [0, 0.1) is 0 Å². The van der Waals surface area contributed by atoms with Gasteiger partial charge in [-0.05, 0) is 36.6 Å². The van der Waals surface area contributed by atoms with Gasteiger partial charge < -0.3 is 14.8 Å². The molecular formula is C27H26N8O. The Morgan fingerprint density at radius 2 is 2.00 bits per heavy atom. The van der Waals surface area contributed by atoms with Gasteiger partial charge in [0.05, 0.1) is 35.8 Å². The van der Waals surface area contributed by atoms with Gasteiger partial charge in [-0.15, -0.1) is 0 Å². The summed E-state index contributed by atoms with van der Waals surface area (Å²) in [5, 5.41) is 10.3. The largest absolute Gasteiger partial charge is 0.352 e. The lowest BCUT2D eigenvalue weighted by atomic mass is 10.1. The predicted octanol–water partition coefficient (Wildman–Crippen LogP) is 3.60. The number of aromatic amines is 1. The first kappa shape index (κ1) is 22.0. The molecule has 0 unspecified atom stereocenters. The highest BCUT2D eigenvalue weighted by Gasteiger charge is 2.23. The zero-order valence-corrected chi connectivity index (χ0v) is 19.8. The van der Waals surface area contributed by atoms with Gasteiger partial charge in [-0.1, -0.05) is 30.3 Å². The van der Waals surface area contributed by atoms with E-state index in [4.69, 9.17) is 9.97 Å². The summed E-state index contributed by atoms with van der Waals surface area (Å²) in [6.07, 6.45) is 9.08. The van der Waals surface area contributed by atoms with Gasteiger partial charge in [0.15, 0.2) is 5.82 Å². The molecule has 0 saturated heterocycles. The maximum Gasteiger partial charge on any atom is 0.251 e. The fourth-order valence-corrected chi connectivity index (χ4v) is 4.58. The third-order valence-corrected chi connectivity index (χ3v) is 6.50. The Balaban J connectivity index is 1.28. The Bertz CT molecular complexity index is 1490. The summed E-state index contributed by atoms with van der Waals surface area (Å²) >= 11 is 0. The van der Waals surface area contributed by atoms with E-state index in [-0.39, 0.29) is 5.91 Å². The highest BCUT2D eigenvalue weighted by Crippen LogP contribution is 2.32. The molecule has 0 aliphatic carbocycles. The smallest absolute Gasteiger partial charge is 0.251 e. The number of nitrogens with zero attached hydrogens (tertiary/aromatic N) is 6. The molecule has 0 spiro atoms. The lowest BCUT2D eigenvalue weighted by Gasteiger charge is -2.29. The number of imidazole rings is 1. The van der Waals surface area contributed by atoms with E-state index in [0.29, 0.717) is 24.2 Å². The summed E-state index contributed by atoms with van der Waals surface area (Å²) in [4.78, 5) is 29.1. The van der Waals surface area contributed by atoms with Gasteiger partial charge >= 0.3 is 0 Å². The molecule has 0 bridgehead atoms. The number of hydrogen-bond donors (Lipinski definition) is 2. The number of amides is 1. The highest BCUT2D eigenvalue weighted by atomic mass is 16.1. The monoisotopic (exact) mass is 478 g/mol.